The summed E-state index contributed by atoms with van der Waals surface area (Å²) in [6.07, 6.45) is 0. The number of rotatable bonds is 7. The molecule has 1 atom stereocenters. The smallest absolute Gasteiger partial charge is 0.127 e. The van der Waals surface area contributed by atoms with Crippen molar-refractivity contribution in [3.8, 4) is 0 Å². The molecule has 1 N–H and O–H groups in total. The normalized spacial score (nSPS) is 13.3. The van der Waals surface area contributed by atoms with Gasteiger partial charge in [-0.15, -0.1) is 0 Å². The van der Waals surface area contributed by atoms with Gasteiger partial charge in [0, 0.05) is 24.7 Å². The van der Waals surface area contributed by atoms with Crippen LogP contribution in [0.25, 0.3) is 0 Å². The molecule has 3 heteroatoms. The highest BCUT2D eigenvalue weighted by atomic mass is 19.1. The van der Waals surface area contributed by atoms with Crippen LogP contribution in [0.15, 0.2) is 18.2 Å². The summed E-state index contributed by atoms with van der Waals surface area (Å²) in [4.78, 5) is 2.21. The van der Waals surface area contributed by atoms with Crippen LogP contribution in [-0.2, 0) is 13.1 Å². The van der Waals surface area contributed by atoms with Gasteiger partial charge in [-0.05, 0) is 38.1 Å². The standard InChI is InChI=1S/C16H27FN2/c1-6-18-10-14-7-8-16(17)15(9-14)11-19(5)13(4)12(2)3/h7-9,12-13,18H,6,10-11H2,1-5H3. The molecule has 0 aliphatic rings. The van der Waals surface area contributed by atoms with Crippen LogP contribution in [0.4, 0.5) is 4.39 Å². The van der Waals surface area contributed by atoms with Crippen LogP contribution in [0, 0.1) is 11.7 Å². The zero-order chi connectivity index (χ0) is 14.4. The highest BCUT2D eigenvalue weighted by molar-refractivity contribution is 5.25. The number of hydrogen-bond donors (Lipinski definition) is 1. The van der Waals surface area contributed by atoms with Crippen LogP contribution in [0.3, 0.4) is 0 Å². The molecule has 0 spiro atoms. The van der Waals surface area contributed by atoms with Crippen LogP contribution in [0.5, 0.6) is 0 Å². The van der Waals surface area contributed by atoms with Gasteiger partial charge in [-0.2, -0.15) is 0 Å². The molecule has 2 nitrogen and oxygen atoms in total. The molecule has 0 saturated heterocycles. The Morgan fingerprint density at radius 2 is 1.95 bits per heavy atom. The average Bonchev–Trinajstić information content (AvgIpc) is 2.38. The van der Waals surface area contributed by atoms with Crippen molar-refractivity contribution in [1.29, 1.82) is 0 Å². The maximum atomic E-state index is 13.9. The van der Waals surface area contributed by atoms with Crippen LogP contribution in [0.2, 0.25) is 0 Å². The van der Waals surface area contributed by atoms with Crippen molar-refractivity contribution >= 4 is 0 Å². The molecule has 0 fully saturated rings. The molecule has 108 valence electrons. The van der Waals surface area contributed by atoms with Gasteiger partial charge in [0.25, 0.3) is 0 Å². The minimum absolute atomic E-state index is 0.108. The lowest BCUT2D eigenvalue weighted by molar-refractivity contribution is 0.198. The summed E-state index contributed by atoms with van der Waals surface area (Å²) in [5.74, 6) is 0.459. The third-order valence-corrected chi connectivity index (χ3v) is 3.77. The second kappa shape index (κ2) is 7.61. The number of halogens is 1. The lowest BCUT2D eigenvalue weighted by Gasteiger charge is -2.28. The summed E-state index contributed by atoms with van der Waals surface area (Å²) in [6, 6.07) is 5.85. The number of hydrogen-bond acceptors (Lipinski definition) is 2. The van der Waals surface area contributed by atoms with E-state index >= 15 is 0 Å². The quantitative estimate of drug-likeness (QED) is 0.813. The van der Waals surface area contributed by atoms with Crippen molar-refractivity contribution in [2.24, 2.45) is 5.92 Å². The number of nitrogens with one attached hydrogen (secondary N) is 1. The number of benzene rings is 1. The summed E-state index contributed by atoms with van der Waals surface area (Å²) < 4.78 is 13.9. The Morgan fingerprint density at radius 1 is 1.26 bits per heavy atom. The first-order chi connectivity index (χ1) is 8.95. The van der Waals surface area contributed by atoms with Crippen LogP contribution >= 0.6 is 0 Å². The van der Waals surface area contributed by atoms with E-state index in [4.69, 9.17) is 0 Å². The van der Waals surface area contributed by atoms with Crippen LogP contribution in [0.1, 0.15) is 38.8 Å². The molecule has 1 unspecified atom stereocenters. The van der Waals surface area contributed by atoms with E-state index in [0.29, 0.717) is 18.5 Å². The topological polar surface area (TPSA) is 15.3 Å². The van der Waals surface area contributed by atoms with Crippen molar-refractivity contribution < 1.29 is 4.39 Å². The zero-order valence-corrected chi connectivity index (χ0v) is 12.8. The minimum atomic E-state index is -0.108. The molecule has 1 aromatic carbocycles. The van der Waals surface area contributed by atoms with E-state index in [1.165, 1.54) is 0 Å². The predicted octanol–water partition coefficient (Wildman–Crippen LogP) is 3.41. The summed E-state index contributed by atoms with van der Waals surface area (Å²) in [6.45, 7) is 11.0. The molecule has 1 rings (SSSR count). The van der Waals surface area contributed by atoms with Gasteiger partial charge in [0.05, 0.1) is 0 Å². The Hall–Kier alpha value is -0.930. The van der Waals surface area contributed by atoms with Crippen LogP contribution < -0.4 is 5.32 Å². The lowest BCUT2D eigenvalue weighted by Crippen LogP contribution is -2.33. The van der Waals surface area contributed by atoms with Crippen molar-refractivity contribution in [1.82, 2.24) is 10.2 Å². The predicted molar refractivity (Wildman–Crippen MR) is 79.5 cm³/mol. The Labute approximate surface area is 117 Å². The molecule has 0 saturated carbocycles. The summed E-state index contributed by atoms with van der Waals surface area (Å²) in [5.41, 5.74) is 1.93. The SMILES string of the molecule is CCNCc1ccc(F)c(CN(C)C(C)C(C)C)c1. The summed E-state index contributed by atoms with van der Waals surface area (Å²) in [5, 5.41) is 3.27. The third-order valence-electron chi connectivity index (χ3n) is 3.77. The van der Waals surface area contributed by atoms with Gasteiger partial charge in [-0.1, -0.05) is 32.9 Å². The van der Waals surface area contributed by atoms with Gasteiger partial charge in [-0.3, -0.25) is 4.90 Å². The van der Waals surface area contributed by atoms with E-state index in [1.807, 2.05) is 12.1 Å². The number of nitrogens with zero attached hydrogens (tertiary/aromatic N) is 1. The Balaban J connectivity index is 2.76. The van der Waals surface area contributed by atoms with Gasteiger partial charge >= 0.3 is 0 Å². The molecular weight excluding hydrogens is 239 g/mol. The minimum Gasteiger partial charge on any atom is -0.313 e. The van der Waals surface area contributed by atoms with E-state index in [2.05, 4.69) is 45.0 Å². The van der Waals surface area contributed by atoms with Gasteiger partial charge in [0.1, 0.15) is 5.82 Å². The fourth-order valence-corrected chi connectivity index (χ4v) is 2.05. The van der Waals surface area contributed by atoms with Crippen LogP contribution in [-0.4, -0.2) is 24.5 Å². The second-order valence-corrected chi connectivity index (χ2v) is 5.61. The Kier molecular flexibility index (Phi) is 6.46. The van der Waals surface area contributed by atoms with Crippen molar-refractivity contribution in [3.05, 3.63) is 35.1 Å². The monoisotopic (exact) mass is 266 g/mol. The molecule has 0 aromatic heterocycles. The molecule has 0 heterocycles. The molecule has 0 amide bonds. The molecule has 0 radical (unpaired) electrons. The van der Waals surface area contributed by atoms with E-state index in [0.717, 1.165) is 24.2 Å². The Bertz CT molecular complexity index is 390. The van der Waals surface area contributed by atoms with Gasteiger partial charge < -0.3 is 5.32 Å². The molecule has 19 heavy (non-hydrogen) atoms. The first kappa shape index (κ1) is 16.1. The average molecular weight is 266 g/mol. The molecule has 0 bridgehead atoms. The lowest BCUT2D eigenvalue weighted by atomic mass is 10.0. The molecular formula is C16H27FN2. The summed E-state index contributed by atoms with van der Waals surface area (Å²) >= 11 is 0. The fraction of sp³-hybridized carbons (Fsp3) is 0.625. The van der Waals surface area contributed by atoms with E-state index in [1.54, 1.807) is 6.07 Å². The molecule has 0 aliphatic carbocycles. The summed E-state index contributed by atoms with van der Waals surface area (Å²) in [7, 11) is 2.06. The van der Waals surface area contributed by atoms with Gasteiger partial charge in [-0.25, -0.2) is 4.39 Å². The van der Waals surface area contributed by atoms with E-state index in [-0.39, 0.29) is 5.82 Å². The third kappa shape index (κ3) is 4.92. The second-order valence-electron chi connectivity index (χ2n) is 5.61. The first-order valence-electron chi connectivity index (χ1n) is 7.14. The highest BCUT2D eigenvalue weighted by Gasteiger charge is 2.15. The van der Waals surface area contributed by atoms with Gasteiger partial charge in [0.2, 0.25) is 0 Å². The van der Waals surface area contributed by atoms with Crippen molar-refractivity contribution in [2.75, 3.05) is 13.6 Å². The van der Waals surface area contributed by atoms with Crippen molar-refractivity contribution in [2.45, 2.75) is 46.8 Å². The van der Waals surface area contributed by atoms with Crippen molar-refractivity contribution in [3.63, 3.8) is 0 Å². The maximum absolute atomic E-state index is 13.9. The Morgan fingerprint density at radius 3 is 2.53 bits per heavy atom. The molecule has 1 aromatic rings. The first-order valence-corrected chi connectivity index (χ1v) is 7.14. The van der Waals surface area contributed by atoms with E-state index in [9.17, 15) is 4.39 Å². The largest absolute Gasteiger partial charge is 0.313 e. The van der Waals surface area contributed by atoms with E-state index < -0.39 is 0 Å². The zero-order valence-electron chi connectivity index (χ0n) is 12.8. The fourth-order valence-electron chi connectivity index (χ4n) is 2.05. The van der Waals surface area contributed by atoms with Gasteiger partial charge in [0.15, 0.2) is 0 Å². The highest BCUT2D eigenvalue weighted by Crippen LogP contribution is 2.16. The molecule has 0 aliphatic heterocycles. The maximum Gasteiger partial charge on any atom is 0.127 e.